The van der Waals surface area contributed by atoms with E-state index in [1.807, 2.05) is 0 Å². The third-order valence-electron chi connectivity index (χ3n) is 4.57. The predicted octanol–water partition coefficient (Wildman–Crippen LogP) is 1.53. The molecule has 2 saturated heterocycles. The molecule has 0 N–H and O–H groups in total. The van der Waals surface area contributed by atoms with Crippen LogP contribution in [0.15, 0.2) is 18.2 Å². The Labute approximate surface area is 140 Å². The Bertz CT molecular complexity index is 843. The van der Waals surface area contributed by atoms with Gasteiger partial charge in [-0.3, -0.25) is 4.90 Å². The molecular weight excluding hydrogens is 337 g/mol. The highest BCUT2D eigenvalue weighted by Gasteiger charge is 2.39. The molecule has 0 aliphatic carbocycles. The van der Waals surface area contributed by atoms with Crippen LogP contribution in [0.25, 0.3) is 5.69 Å². The van der Waals surface area contributed by atoms with Crippen LogP contribution < -0.4 is 0 Å². The number of tetrazole rings is 1. The predicted molar refractivity (Wildman–Crippen MR) is 77.4 cm³/mol. The summed E-state index contributed by atoms with van der Waals surface area (Å²) >= 11 is 0. The van der Waals surface area contributed by atoms with Crippen LogP contribution in [-0.2, 0) is 17.5 Å². The minimum atomic E-state index is -4.58. The van der Waals surface area contributed by atoms with Gasteiger partial charge in [0.1, 0.15) is 0 Å². The second-order valence-electron chi connectivity index (χ2n) is 6.12. The van der Waals surface area contributed by atoms with Gasteiger partial charge in [-0.2, -0.15) is 23.1 Å². The van der Waals surface area contributed by atoms with Crippen LogP contribution >= 0.6 is 0 Å². The maximum Gasteiger partial charge on any atom is 0.417 e. The fourth-order valence-corrected chi connectivity index (χ4v) is 3.36. The second kappa shape index (κ2) is 5.79. The zero-order chi connectivity index (χ0) is 17.6. The molecule has 0 spiro atoms. The van der Waals surface area contributed by atoms with Crippen LogP contribution in [0.5, 0.6) is 0 Å². The van der Waals surface area contributed by atoms with E-state index in [-0.39, 0.29) is 6.10 Å². The molecule has 4 rings (SSSR count). The lowest BCUT2D eigenvalue weighted by Gasteiger charge is -2.25. The summed E-state index contributed by atoms with van der Waals surface area (Å²) in [7, 11) is 0. The van der Waals surface area contributed by atoms with Crippen LogP contribution in [0.4, 0.5) is 13.2 Å². The Morgan fingerprint density at radius 2 is 2.20 bits per heavy atom. The molecule has 2 bridgehead atoms. The number of nitriles is 1. The Balaban J connectivity index is 1.63. The van der Waals surface area contributed by atoms with E-state index in [1.54, 1.807) is 6.07 Å². The van der Waals surface area contributed by atoms with Gasteiger partial charge in [0.05, 0.1) is 42.1 Å². The van der Waals surface area contributed by atoms with E-state index in [4.69, 9.17) is 10.00 Å². The number of fused-ring (bicyclic) bond motifs is 2. The molecule has 3 heterocycles. The first-order chi connectivity index (χ1) is 12.0. The van der Waals surface area contributed by atoms with Crippen molar-refractivity contribution in [3.8, 4) is 11.8 Å². The Hall–Kier alpha value is -2.51. The Morgan fingerprint density at radius 1 is 1.36 bits per heavy atom. The van der Waals surface area contributed by atoms with Gasteiger partial charge in [0.2, 0.25) is 0 Å². The van der Waals surface area contributed by atoms with Gasteiger partial charge in [-0.05, 0) is 35.0 Å². The Kier molecular flexibility index (Phi) is 3.70. The molecule has 0 saturated carbocycles. The first kappa shape index (κ1) is 16.0. The van der Waals surface area contributed by atoms with E-state index in [0.29, 0.717) is 30.7 Å². The van der Waals surface area contributed by atoms with Gasteiger partial charge in [0, 0.05) is 12.6 Å². The highest BCUT2D eigenvalue weighted by Crippen LogP contribution is 2.33. The summed E-state index contributed by atoms with van der Waals surface area (Å²) in [5, 5.41) is 20.5. The van der Waals surface area contributed by atoms with Gasteiger partial charge in [0.25, 0.3) is 0 Å². The summed E-state index contributed by atoms with van der Waals surface area (Å²) in [6, 6.07) is 5.21. The molecule has 0 unspecified atom stereocenters. The number of ether oxygens (including phenoxy) is 1. The number of hydrogen-bond donors (Lipinski definition) is 0. The summed E-state index contributed by atoms with van der Waals surface area (Å²) in [5.74, 6) is 0.510. The maximum absolute atomic E-state index is 12.9. The van der Waals surface area contributed by atoms with Crippen molar-refractivity contribution in [1.82, 2.24) is 25.1 Å². The first-order valence-electron chi connectivity index (χ1n) is 7.70. The van der Waals surface area contributed by atoms with E-state index >= 15 is 0 Å². The van der Waals surface area contributed by atoms with Gasteiger partial charge in [-0.1, -0.05) is 0 Å². The van der Waals surface area contributed by atoms with E-state index in [2.05, 4.69) is 20.4 Å². The molecule has 2 fully saturated rings. The Morgan fingerprint density at radius 3 is 2.84 bits per heavy atom. The number of benzene rings is 1. The maximum atomic E-state index is 12.9. The van der Waals surface area contributed by atoms with E-state index in [9.17, 15) is 13.2 Å². The van der Waals surface area contributed by atoms with E-state index in [0.717, 1.165) is 25.1 Å². The lowest BCUT2D eigenvalue weighted by atomic mass is 10.1. The molecule has 1 aromatic heterocycles. The summed E-state index contributed by atoms with van der Waals surface area (Å²) in [6.45, 7) is 1.93. The number of nitrogens with zero attached hydrogens (tertiary/aromatic N) is 6. The number of aromatic nitrogens is 4. The monoisotopic (exact) mass is 350 g/mol. The SMILES string of the molecule is N#Cc1cc(-n2nnnc2CN2C[C@@H]3C[C@H]2CO3)ccc1C(F)(F)F. The van der Waals surface area contributed by atoms with E-state index in [1.165, 1.54) is 10.7 Å². The van der Waals surface area contributed by atoms with Crippen LogP contribution in [0.2, 0.25) is 0 Å². The van der Waals surface area contributed by atoms with Crippen molar-refractivity contribution in [2.45, 2.75) is 31.3 Å². The second-order valence-corrected chi connectivity index (χ2v) is 6.12. The summed E-state index contributed by atoms with van der Waals surface area (Å²) in [6.07, 6.45) is -3.38. The number of hydrogen-bond acceptors (Lipinski definition) is 6. The first-order valence-corrected chi connectivity index (χ1v) is 7.70. The largest absolute Gasteiger partial charge is 0.417 e. The fourth-order valence-electron chi connectivity index (χ4n) is 3.36. The van der Waals surface area contributed by atoms with Gasteiger partial charge in [-0.15, -0.1) is 5.10 Å². The van der Waals surface area contributed by atoms with Crippen molar-refractivity contribution in [1.29, 1.82) is 5.26 Å². The molecule has 10 heteroatoms. The van der Waals surface area contributed by atoms with Crippen LogP contribution in [-0.4, -0.2) is 50.4 Å². The van der Waals surface area contributed by atoms with Crippen LogP contribution in [0.3, 0.4) is 0 Å². The van der Waals surface area contributed by atoms with Crippen LogP contribution in [0, 0.1) is 11.3 Å². The molecule has 2 aromatic rings. The third-order valence-corrected chi connectivity index (χ3v) is 4.57. The average Bonchev–Trinajstić information content (AvgIpc) is 3.30. The molecular formula is C15H13F3N6O. The number of morpholine rings is 1. The number of likely N-dealkylation sites (tertiary alicyclic amines) is 1. The molecule has 2 aliphatic rings. The molecule has 0 amide bonds. The number of rotatable bonds is 3. The molecule has 2 atom stereocenters. The highest BCUT2D eigenvalue weighted by molar-refractivity contribution is 5.47. The zero-order valence-electron chi connectivity index (χ0n) is 12.9. The van der Waals surface area contributed by atoms with Crippen molar-refractivity contribution >= 4 is 0 Å². The lowest BCUT2D eigenvalue weighted by Crippen LogP contribution is -2.37. The quantitative estimate of drug-likeness (QED) is 0.835. The molecule has 2 aliphatic heterocycles. The normalized spacial score (nSPS) is 23.1. The summed E-state index contributed by atoms with van der Waals surface area (Å²) in [4.78, 5) is 2.20. The smallest absolute Gasteiger partial charge is 0.375 e. The van der Waals surface area contributed by atoms with Crippen LogP contribution in [0.1, 0.15) is 23.4 Å². The van der Waals surface area contributed by atoms with Gasteiger partial charge >= 0.3 is 6.18 Å². The van der Waals surface area contributed by atoms with Crippen molar-refractivity contribution in [3.63, 3.8) is 0 Å². The molecule has 25 heavy (non-hydrogen) atoms. The highest BCUT2D eigenvalue weighted by atomic mass is 19.4. The van der Waals surface area contributed by atoms with Crippen molar-refractivity contribution in [3.05, 3.63) is 35.2 Å². The standard InChI is InChI=1S/C15H13F3N6O/c16-15(17,18)13-2-1-10(3-9(13)5-19)24-14(20-21-22-24)7-23-6-12-4-11(23)8-25-12/h1-3,11-12H,4,6-8H2/t11-,12-/m0/s1. The van der Waals surface area contributed by atoms with Crippen molar-refractivity contribution in [2.24, 2.45) is 0 Å². The minimum absolute atomic E-state index is 0.227. The molecule has 7 nitrogen and oxygen atoms in total. The van der Waals surface area contributed by atoms with Gasteiger partial charge in [0.15, 0.2) is 5.82 Å². The van der Waals surface area contributed by atoms with Gasteiger partial charge in [-0.25, -0.2) is 0 Å². The topological polar surface area (TPSA) is 79.9 Å². The zero-order valence-corrected chi connectivity index (χ0v) is 12.9. The average molecular weight is 350 g/mol. The number of alkyl halides is 3. The number of halogens is 3. The summed E-state index contributed by atoms with van der Waals surface area (Å²) < 4.78 is 45.7. The summed E-state index contributed by atoms with van der Waals surface area (Å²) in [5.41, 5.74) is -1.10. The van der Waals surface area contributed by atoms with Crippen molar-refractivity contribution < 1.29 is 17.9 Å². The molecule has 0 radical (unpaired) electrons. The molecule has 1 aromatic carbocycles. The fraction of sp³-hybridized carbons (Fsp3) is 0.467. The minimum Gasteiger partial charge on any atom is -0.375 e. The molecule has 130 valence electrons. The van der Waals surface area contributed by atoms with E-state index < -0.39 is 17.3 Å². The van der Waals surface area contributed by atoms with Crippen molar-refractivity contribution in [2.75, 3.05) is 13.2 Å². The van der Waals surface area contributed by atoms with Gasteiger partial charge < -0.3 is 4.74 Å². The third kappa shape index (κ3) is 2.85. The lowest BCUT2D eigenvalue weighted by molar-refractivity contribution is -0.137.